The number of aliphatic hydroxyl groups excluding tert-OH is 1. The number of nitrogens with one attached hydrogen (secondary N) is 1. The van der Waals surface area contributed by atoms with Crippen LogP contribution in [0.4, 0.5) is 4.79 Å². The molecule has 0 fully saturated rings. The summed E-state index contributed by atoms with van der Waals surface area (Å²) in [4.78, 5) is 11.4. The first-order valence-corrected chi connectivity index (χ1v) is 5.44. The molecule has 4 heteroatoms. The van der Waals surface area contributed by atoms with Gasteiger partial charge in [-0.15, -0.1) is 0 Å². The molecule has 0 aromatic rings. The van der Waals surface area contributed by atoms with E-state index in [0.717, 1.165) is 12.8 Å². The summed E-state index contributed by atoms with van der Waals surface area (Å²) >= 11 is 0. The van der Waals surface area contributed by atoms with Crippen LogP contribution in [0.2, 0.25) is 0 Å². The Hall–Kier alpha value is -0.770. The fourth-order valence-corrected chi connectivity index (χ4v) is 1.20. The lowest BCUT2D eigenvalue weighted by molar-refractivity contribution is 0.0430. The van der Waals surface area contributed by atoms with Gasteiger partial charge in [-0.3, -0.25) is 0 Å². The monoisotopic (exact) mass is 217 g/mol. The van der Waals surface area contributed by atoms with Gasteiger partial charge in [-0.25, -0.2) is 4.79 Å². The van der Waals surface area contributed by atoms with E-state index in [1.807, 2.05) is 27.7 Å². The highest BCUT2D eigenvalue weighted by molar-refractivity contribution is 5.68. The largest absolute Gasteiger partial charge is 0.444 e. The quantitative estimate of drug-likeness (QED) is 0.757. The van der Waals surface area contributed by atoms with Gasteiger partial charge in [0.15, 0.2) is 0 Å². The summed E-state index contributed by atoms with van der Waals surface area (Å²) in [5.74, 6) is 0. The third kappa shape index (κ3) is 7.19. The van der Waals surface area contributed by atoms with Gasteiger partial charge in [-0.1, -0.05) is 13.3 Å². The first kappa shape index (κ1) is 14.2. The van der Waals surface area contributed by atoms with Crippen LogP contribution in [-0.2, 0) is 4.74 Å². The molecule has 1 amide bonds. The summed E-state index contributed by atoms with van der Waals surface area (Å²) in [5, 5.41) is 12.1. The molecule has 0 aliphatic heterocycles. The summed E-state index contributed by atoms with van der Waals surface area (Å²) in [6.45, 7) is 9.10. The van der Waals surface area contributed by atoms with Crippen molar-refractivity contribution in [3.8, 4) is 0 Å². The van der Waals surface area contributed by atoms with Gasteiger partial charge in [0.2, 0.25) is 0 Å². The van der Waals surface area contributed by atoms with Crippen molar-refractivity contribution in [1.29, 1.82) is 0 Å². The van der Waals surface area contributed by atoms with Crippen LogP contribution in [0, 0.1) is 0 Å². The Balaban J connectivity index is 4.11. The molecule has 15 heavy (non-hydrogen) atoms. The lowest BCUT2D eigenvalue weighted by Gasteiger charge is -2.24. The summed E-state index contributed by atoms with van der Waals surface area (Å²) in [6, 6.07) is -0.232. The van der Waals surface area contributed by atoms with E-state index < -0.39 is 17.8 Å². The molecule has 0 aromatic carbocycles. The maximum atomic E-state index is 11.4. The van der Waals surface area contributed by atoms with Gasteiger partial charge < -0.3 is 15.2 Å². The number of rotatable bonds is 4. The number of carbonyl (C=O) groups excluding carboxylic acids is 1. The van der Waals surface area contributed by atoms with Gasteiger partial charge in [0.25, 0.3) is 0 Å². The summed E-state index contributed by atoms with van der Waals surface area (Å²) in [6.07, 6.45) is 0.627. The maximum absolute atomic E-state index is 11.4. The molecular weight excluding hydrogens is 194 g/mol. The molecule has 0 heterocycles. The molecule has 0 bridgehead atoms. The van der Waals surface area contributed by atoms with E-state index in [1.54, 1.807) is 6.92 Å². The van der Waals surface area contributed by atoms with E-state index in [0.29, 0.717) is 0 Å². The minimum Gasteiger partial charge on any atom is -0.444 e. The van der Waals surface area contributed by atoms with Crippen LogP contribution in [0.3, 0.4) is 0 Å². The zero-order valence-electron chi connectivity index (χ0n) is 10.3. The number of hydrogen-bond donors (Lipinski definition) is 2. The SMILES string of the molecule is CCC[C@H](NC(=O)OC(C)(C)C)[C@@H](C)O. The van der Waals surface area contributed by atoms with E-state index >= 15 is 0 Å². The van der Waals surface area contributed by atoms with Crippen molar-refractivity contribution in [3.05, 3.63) is 0 Å². The number of carbonyl (C=O) groups is 1. The second kappa shape index (κ2) is 5.95. The van der Waals surface area contributed by atoms with E-state index in [2.05, 4.69) is 5.32 Å². The molecule has 0 aromatic heterocycles. The Kier molecular flexibility index (Phi) is 5.65. The molecule has 4 nitrogen and oxygen atoms in total. The Morgan fingerprint density at radius 3 is 2.33 bits per heavy atom. The van der Waals surface area contributed by atoms with Crippen molar-refractivity contribution in [2.75, 3.05) is 0 Å². The zero-order chi connectivity index (χ0) is 12.1. The Morgan fingerprint density at radius 1 is 1.47 bits per heavy atom. The minimum atomic E-state index is -0.558. The minimum absolute atomic E-state index is 0.232. The van der Waals surface area contributed by atoms with Crippen LogP contribution in [0.15, 0.2) is 0 Å². The number of ether oxygens (including phenoxy) is 1. The lowest BCUT2D eigenvalue weighted by Crippen LogP contribution is -2.44. The van der Waals surface area contributed by atoms with Crippen molar-refractivity contribution >= 4 is 6.09 Å². The highest BCUT2D eigenvalue weighted by atomic mass is 16.6. The highest BCUT2D eigenvalue weighted by Crippen LogP contribution is 2.08. The van der Waals surface area contributed by atoms with Gasteiger partial charge in [0, 0.05) is 0 Å². The van der Waals surface area contributed by atoms with Crippen molar-refractivity contribution in [1.82, 2.24) is 5.32 Å². The first-order chi connectivity index (χ1) is 6.76. The molecule has 0 aliphatic carbocycles. The van der Waals surface area contributed by atoms with E-state index in [9.17, 15) is 9.90 Å². The maximum Gasteiger partial charge on any atom is 0.407 e. The van der Waals surface area contributed by atoms with Gasteiger partial charge in [0.1, 0.15) is 5.60 Å². The molecule has 0 unspecified atom stereocenters. The van der Waals surface area contributed by atoms with Crippen LogP contribution >= 0.6 is 0 Å². The first-order valence-electron chi connectivity index (χ1n) is 5.44. The molecule has 0 spiro atoms. The number of amides is 1. The van der Waals surface area contributed by atoms with E-state index in [4.69, 9.17) is 4.74 Å². The van der Waals surface area contributed by atoms with Gasteiger partial charge in [-0.05, 0) is 34.1 Å². The summed E-state index contributed by atoms with van der Waals surface area (Å²) in [7, 11) is 0. The fourth-order valence-electron chi connectivity index (χ4n) is 1.20. The van der Waals surface area contributed by atoms with Crippen molar-refractivity contribution in [2.45, 2.75) is 65.2 Å². The topological polar surface area (TPSA) is 58.6 Å². The average Bonchev–Trinajstić information content (AvgIpc) is 1.99. The second-order valence-electron chi connectivity index (χ2n) is 4.78. The molecular formula is C11H23NO3. The van der Waals surface area contributed by atoms with Crippen molar-refractivity contribution < 1.29 is 14.6 Å². The van der Waals surface area contributed by atoms with Crippen LogP contribution in [0.1, 0.15) is 47.5 Å². The second-order valence-corrected chi connectivity index (χ2v) is 4.78. The highest BCUT2D eigenvalue weighted by Gasteiger charge is 2.21. The molecule has 90 valence electrons. The van der Waals surface area contributed by atoms with Gasteiger partial charge >= 0.3 is 6.09 Å². The van der Waals surface area contributed by atoms with Crippen LogP contribution in [0.25, 0.3) is 0 Å². The van der Waals surface area contributed by atoms with Crippen LogP contribution in [-0.4, -0.2) is 28.9 Å². The fraction of sp³-hybridized carbons (Fsp3) is 0.909. The van der Waals surface area contributed by atoms with Crippen molar-refractivity contribution in [3.63, 3.8) is 0 Å². The van der Waals surface area contributed by atoms with E-state index in [1.165, 1.54) is 0 Å². The van der Waals surface area contributed by atoms with Gasteiger partial charge in [-0.2, -0.15) is 0 Å². The molecule has 2 N–H and O–H groups in total. The number of aliphatic hydroxyl groups is 1. The third-order valence-electron chi connectivity index (χ3n) is 1.88. The molecule has 0 saturated carbocycles. The summed E-state index contributed by atoms with van der Waals surface area (Å²) in [5.41, 5.74) is -0.500. The lowest BCUT2D eigenvalue weighted by atomic mass is 10.1. The predicted molar refractivity (Wildman–Crippen MR) is 59.7 cm³/mol. The number of alkyl carbamates (subject to hydrolysis) is 1. The standard InChI is InChI=1S/C11H23NO3/c1-6-7-9(8(2)13)12-10(14)15-11(3,4)5/h8-9,13H,6-7H2,1-5H3,(H,12,14)/t8-,9+/m1/s1. The van der Waals surface area contributed by atoms with E-state index in [-0.39, 0.29) is 6.04 Å². The summed E-state index contributed by atoms with van der Waals surface area (Å²) < 4.78 is 5.10. The molecule has 2 atom stereocenters. The van der Waals surface area contributed by atoms with Crippen LogP contribution < -0.4 is 5.32 Å². The number of hydrogen-bond acceptors (Lipinski definition) is 3. The Labute approximate surface area is 92.0 Å². The molecule has 0 saturated heterocycles. The molecule has 0 aliphatic rings. The van der Waals surface area contributed by atoms with Crippen molar-refractivity contribution in [2.24, 2.45) is 0 Å². The molecule has 0 radical (unpaired) electrons. The molecule has 0 rings (SSSR count). The van der Waals surface area contributed by atoms with Gasteiger partial charge in [0.05, 0.1) is 12.1 Å². The average molecular weight is 217 g/mol. The third-order valence-corrected chi connectivity index (χ3v) is 1.88. The zero-order valence-corrected chi connectivity index (χ0v) is 10.3. The Bertz CT molecular complexity index is 196. The smallest absolute Gasteiger partial charge is 0.407 e. The van der Waals surface area contributed by atoms with Crippen LogP contribution in [0.5, 0.6) is 0 Å². The predicted octanol–water partition coefficient (Wildman–Crippen LogP) is 2.06. The normalized spacial score (nSPS) is 15.6. The Morgan fingerprint density at radius 2 is 2.00 bits per heavy atom.